The third-order valence-electron chi connectivity index (χ3n) is 2.50. The standard InChI is InChI=1S/C12H12N4S/c1-2-7-17-12-14-11-9-5-3-4-6-10(9)13-8-16(11)15-12/h3-6,8H,2,7H2,1H3. The summed E-state index contributed by atoms with van der Waals surface area (Å²) in [5, 5.41) is 6.28. The second-order valence-corrected chi connectivity index (χ2v) is 4.83. The molecule has 0 fully saturated rings. The van der Waals surface area contributed by atoms with Gasteiger partial charge in [0.2, 0.25) is 5.16 Å². The van der Waals surface area contributed by atoms with Gasteiger partial charge in [0.15, 0.2) is 5.65 Å². The van der Waals surface area contributed by atoms with Crippen molar-refractivity contribution in [3.05, 3.63) is 30.6 Å². The van der Waals surface area contributed by atoms with Crippen LogP contribution in [0, 0.1) is 0 Å². The number of nitrogens with zero attached hydrogens (tertiary/aromatic N) is 4. The molecule has 0 aliphatic rings. The van der Waals surface area contributed by atoms with E-state index in [-0.39, 0.29) is 0 Å². The highest BCUT2D eigenvalue weighted by Crippen LogP contribution is 2.20. The summed E-state index contributed by atoms with van der Waals surface area (Å²) in [5.74, 6) is 1.04. The Labute approximate surface area is 103 Å². The lowest BCUT2D eigenvalue weighted by Gasteiger charge is -1.96. The molecule has 2 heterocycles. The molecule has 0 spiro atoms. The van der Waals surface area contributed by atoms with Crippen LogP contribution >= 0.6 is 11.8 Å². The molecular weight excluding hydrogens is 232 g/mol. The summed E-state index contributed by atoms with van der Waals surface area (Å²) in [4.78, 5) is 8.91. The molecule has 0 N–H and O–H groups in total. The van der Waals surface area contributed by atoms with Gasteiger partial charge in [-0.05, 0) is 18.6 Å². The molecule has 0 aliphatic carbocycles. The Balaban J connectivity index is 2.17. The zero-order valence-corrected chi connectivity index (χ0v) is 10.3. The van der Waals surface area contributed by atoms with Gasteiger partial charge in [0.25, 0.3) is 0 Å². The minimum Gasteiger partial charge on any atom is -0.236 e. The molecule has 0 bridgehead atoms. The second-order valence-electron chi connectivity index (χ2n) is 3.77. The summed E-state index contributed by atoms with van der Waals surface area (Å²) >= 11 is 1.68. The monoisotopic (exact) mass is 244 g/mol. The van der Waals surface area contributed by atoms with Crippen LogP contribution in [0.5, 0.6) is 0 Å². The lowest BCUT2D eigenvalue weighted by atomic mass is 10.2. The maximum Gasteiger partial charge on any atom is 0.209 e. The summed E-state index contributed by atoms with van der Waals surface area (Å²) < 4.78 is 1.75. The minimum absolute atomic E-state index is 0.824. The highest BCUT2D eigenvalue weighted by molar-refractivity contribution is 7.99. The van der Waals surface area contributed by atoms with Crippen molar-refractivity contribution in [1.29, 1.82) is 0 Å². The smallest absolute Gasteiger partial charge is 0.209 e. The third kappa shape index (κ3) is 1.86. The molecule has 3 aromatic rings. The first-order chi connectivity index (χ1) is 8.38. The predicted molar refractivity (Wildman–Crippen MR) is 69.3 cm³/mol. The van der Waals surface area contributed by atoms with Crippen molar-refractivity contribution in [2.75, 3.05) is 5.75 Å². The molecule has 4 nitrogen and oxygen atoms in total. The fraction of sp³-hybridized carbons (Fsp3) is 0.250. The normalized spacial score (nSPS) is 11.4. The van der Waals surface area contributed by atoms with Gasteiger partial charge in [-0.25, -0.2) is 14.5 Å². The van der Waals surface area contributed by atoms with Crippen molar-refractivity contribution < 1.29 is 0 Å². The van der Waals surface area contributed by atoms with E-state index in [0.717, 1.165) is 33.9 Å². The minimum atomic E-state index is 0.824. The van der Waals surface area contributed by atoms with Gasteiger partial charge >= 0.3 is 0 Å². The van der Waals surface area contributed by atoms with Crippen molar-refractivity contribution in [2.45, 2.75) is 18.5 Å². The third-order valence-corrected chi connectivity index (χ3v) is 3.54. The number of fused-ring (bicyclic) bond motifs is 3. The number of rotatable bonds is 3. The van der Waals surface area contributed by atoms with Crippen molar-refractivity contribution >= 4 is 28.3 Å². The van der Waals surface area contributed by atoms with Crippen molar-refractivity contribution in [3.8, 4) is 0 Å². The fourth-order valence-corrected chi connectivity index (χ4v) is 2.40. The molecular formula is C12H12N4S. The zero-order valence-electron chi connectivity index (χ0n) is 9.50. The zero-order chi connectivity index (χ0) is 11.7. The topological polar surface area (TPSA) is 43.1 Å². The van der Waals surface area contributed by atoms with E-state index in [1.54, 1.807) is 22.6 Å². The predicted octanol–water partition coefficient (Wildman–Crippen LogP) is 2.78. The first kappa shape index (κ1) is 10.5. The molecule has 86 valence electrons. The summed E-state index contributed by atoms with van der Waals surface area (Å²) in [5.41, 5.74) is 1.84. The molecule has 0 amide bonds. The van der Waals surface area contributed by atoms with Gasteiger partial charge in [0.1, 0.15) is 6.33 Å². The largest absolute Gasteiger partial charge is 0.236 e. The van der Waals surface area contributed by atoms with Gasteiger partial charge in [0, 0.05) is 11.1 Å². The first-order valence-corrected chi connectivity index (χ1v) is 6.60. The number of aromatic nitrogens is 4. The Morgan fingerprint density at radius 2 is 2.18 bits per heavy atom. The number of thioether (sulfide) groups is 1. The molecule has 0 radical (unpaired) electrons. The Morgan fingerprint density at radius 1 is 1.29 bits per heavy atom. The van der Waals surface area contributed by atoms with Crippen LogP contribution in [0.1, 0.15) is 13.3 Å². The number of hydrogen-bond acceptors (Lipinski definition) is 4. The lowest BCUT2D eigenvalue weighted by Crippen LogP contribution is -1.90. The van der Waals surface area contributed by atoms with Crippen LogP contribution in [-0.2, 0) is 0 Å². The van der Waals surface area contributed by atoms with Crippen molar-refractivity contribution in [3.63, 3.8) is 0 Å². The SMILES string of the molecule is CCCSc1nc2c3ccccc3ncn2n1. The maximum absolute atomic E-state index is 4.55. The summed E-state index contributed by atoms with van der Waals surface area (Å²) in [7, 11) is 0. The molecule has 17 heavy (non-hydrogen) atoms. The highest BCUT2D eigenvalue weighted by atomic mass is 32.2. The molecule has 0 atom stereocenters. The van der Waals surface area contributed by atoms with Gasteiger partial charge in [-0.15, -0.1) is 5.10 Å². The summed E-state index contributed by atoms with van der Waals surface area (Å²) in [6.07, 6.45) is 2.85. The van der Waals surface area contributed by atoms with Gasteiger partial charge < -0.3 is 0 Å². The maximum atomic E-state index is 4.55. The summed E-state index contributed by atoms with van der Waals surface area (Å²) in [6, 6.07) is 8.00. The Morgan fingerprint density at radius 3 is 3.06 bits per heavy atom. The van der Waals surface area contributed by atoms with Crippen LogP contribution in [0.15, 0.2) is 35.7 Å². The van der Waals surface area contributed by atoms with E-state index in [1.165, 1.54) is 0 Å². The molecule has 0 aliphatic heterocycles. The number of benzene rings is 1. The van der Waals surface area contributed by atoms with Crippen LogP contribution < -0.4 is 0 Å². The average molecular weight is 244 g/mol. The molecule has 5 heteroatoms. The van der Waals surface area contributed by atoms with E-state index in [9.17, 15) is 0 Å². The molecule has 0 unspecified atom stereocenters. The number of hydrogen-bond donors (Lipinski definition) is 0. The lowest BCUT2D eigenvalue weighted by molar-refractivity contribution is 0.869. The van der Waals surface area contributed by atoms with Crippen LogP contribution in [0.25, 0.3) is 16.6 Å². The van der Waals surface area contributed by atoms with Crippen molar-refractivity contribution in [2.24, 2.45) is 0 Å². The quantitative estimate of drug-likeness (QED) is 0.664. The average Bonchev–Trinajstić information content (AvgIpc) is 2.79. The van der Waals surface area contributed by atoms with Crippen LogP contribution in [0.3, 0.4) is 0 Å². The second kappa shape index (κ2) is 4.33. The number of para-hydroxylation sites is 1. The Kier molecular flexibility index (Phi) is 2.68. The van der Waals surface area contributed by atoms with Crippen LogP contribution in [0.4, 0.5) is 0 Å². The Hall–Kier alpha value is -1.62. The van der Waals surface area contributed by atoms with Crippen LogP contribution in [0.2, 0.25) is 0 Å². The Bertz CT molecular complexity index is 662. The van der Waals surface area contributed by atoms with E-state index in [4.69, 9.17) is 0 Å². The van der Waals surface area contributed by atoms with Crippen LogP contribution in [-0.4, -0.2) is 25.3 Å². The van der Waals surface area contributed by atoms with Gasteiger partial charge in [0.05, 0.1) is 5.52 Å². The van der Waals surface area contributed by atoms with E-state index < -0.39 is 0 Å². The highest BCUT2D eigenvalue weighted by Gasteiger charge is 2.07. The van der Waals surface area contributed by atoms with E-state index >= 15 is 0 Å². The molecule has 1 aromatic carbocycles. The van der Waals surface area contributed by atoms with E-state index in [1.807, 2.05) is 24.3 Å². The fourth-order valence-electron chi connectivity index (χ4n) is 1.71. The van der Waals surface area contributed by atoms with Crippen molar-refractivity contribution in [1.82, 2.24) is 19.6 Å². The van der Waals surface area contributed by atoms with Gasteiger partial charge in [-0.1, -0.05) is 30.8 Å². The van der Waals surface area contributed by atoms with Gasteiger partial charge in [-0.2, -0.15) is 0 Å². The molecule has 0 saturated heterocycles. The van der Waals surface area contributed by atoms with E-state index in [0.29, 0.717) is 0 Å². The first-order valence-electron chi connectivity index (χ1n) is 5.61. The van der Waals surface area contributed by atoms with Gasteiger partial charge in [-0.3, -0.25) is 0 Å². The molecule has 0 saturated carbocycles. The molecule has 3 rings (SSSR count). The van der Waals surface area contributed by atoms with E-state index in [2.05, 4.69) is 22.0 Å². The summed E-state index contributed by atoms with van der Waals surface area (Å²) in [6.45, 7) is 2.15. The molecule has 2 aromatic heterocycles.